The van der Waals surface area contributed by atoms with Crippen molar-refractivity contribution in [2.45, 2.75) is 32.7 Å². The Kier molecular flexibility index (Phi) is 4.43. The van der Waals surface area contributed by atoms with Crippen molar-refractivity contribution in [3.8, 4) is 0 Å². The summed E-state index contributed by atoms with van der Waals surface area (Å²) in [5, 5.41) is 3.11. The highest BCUT2D eigenvalue weighted by Gasteiger charge is 2.21. The van der Waals surface area contributed by atoms with Gasteiger partial charge in [-0.1, -0.05) is 18.6 Å². The summed E-state index contributed by atoms with van der Waals surface area (Å²) in [7, 11) is 0. The van der Waals surface area contributed by atoms with E-state index in [0.29, 0.717) is 11.3 Å². The van der Waals surface area contributed by atoms with E-state index in [9.17, 15) is 4.79 Å². The van der Waals surface area contributed by atoms with Gasteiger partial charge >= 0.3 is 0 Å². The molecule has 1 atom stereocenters. The van der Waals surface area contributed by atoms with Crippen molar-refractivity contribution < 1.29 is 4.79 Å². The number of carbonyl (C=O) groups is 1. The molecule has 0 aliphatic carbocycles. The van der Waals surface area contributed by atoms with Crippen molar-refractivity contribution in [2.75, 3.05) is 25.4 Å². The predicted octanol–water partition coefficient (Wildman–Crippen LogP) is 1.79. The minimum Gasteiger partial charge on any atom is -0.398 e. The number of likely N-dealkylation sites (tertiary alicyclic amines) is 1. The molecule has 2 rings (SSSR count). The molecule has 1 fully saturated rings. The third-order valence-corrected chi connectivity index (χ3v) is 3.74. The number of aryl methyl sites for hydroxylation is 1. The summed E-state index contributed by atoms with van der Waals surface area (Å²) >= 11 is 0. The van der Waals surface area contributed by atoms with Crippen molar-refractivity contribution >= 4 is 11.6 Å². The molecule has 1 heterocycles. The molecule has 0 bridgehead atoms. The Labute approximate surface area is 115 Å². The highest BCUT2D eigenvalue weighted by atomic mass is 16.1. The largest absolute Gasteiger partial charge is 0.398 e. The van der Waals surface area contributed by atoms with E-state index in [1.807, 2.05) is 19.1 Å². The van der Waals surface area contributed by atoms with Gasteiger partial charge in [0.05, 0.1) is 5.56 Å². The first-order valence-electron chi connectivity index (χ1n) is 6.99. The Balaban J connectivity index is 2.02. The molecular formula is C15H23N3O. The van der Waals surface area contributed by atoms with Gasteiger partial charge in [0.25, 0.3) is 5.91 Å². The minimum atomic E-state index is -0.0517. The van der Waals surface area contributed by atoms with Crippen molar-refractivity contribution in [1.29, 1.82) is 0 Å². The second-order valence-corrected chi connectivity index (χ2v) is 5.30. The fraction of sp³-hybridized carbons (Fsp3) is 0.533. The van der Waals surface area contributed by atoms with Crippen LogP contribution in [0.25, 0.3) is 0 Å². The summed E-state index contributed by atoms with van der Waals surface area (Å²) in [6, 6.07) is 5.81. The average Bonchev–Trinajstić information content (AvgIpc) is 2.41. The maximum Gasteiger partial charge on any atom is 0.253 e. The van der Waals surface area contributed by atoms with Crippen LogP contribution in [0.4, 0.5) is 5.69 Å². The molecule has 19 heavy (non-hydrogen) atoms. The molecule has 1 unspecified atom stereocenters. The molecule has 0 aromatic heterocycles. The molecule has 1 aliphatic heterocycles. The first-order valence-corrected chi connectivity index (χ1v) is 6.99. The van der Waals surface area contributed by atoms with Crippen LogP contribution in [-0.4, -0.2) is 36.5 Å². The van der Waals surface area contributed by atoms with Gasteiger partial charge in [-0.2, -0.15) is 0 Å². The molecule has 1 aromatic carbocycles. The zero-order chi connectivity index (χ0) is 13.8. The lowest BCUT2D eigenvalue weighted by Gasteiger charge is -2.32. The number of anilines is 1. The first-order chi connectivity index (χ1) is 9.10. The zero-order valence-electron chi connectivity index (χ0n) is 11.8. The average molecular weight is 261 g/mol. The smallest absolute Gasteiger partial charge is 0.253 e. The summed E-state index contributed by atoms with van der Waals surface area (Å²) in [5.74, 6) is -0.0517. The molecule has 1 aromatic rings. The van der Waals surface area contributed by atoms with E-state index in [0.717, 1.165) is 38.0 Å². The Morgan fingerprint density at radius 3 is 3.05 bits per heavy atom. The molecular weight excluding hydrogens is 238 g/mol. The van der Waals surface area contributed by atoms with Crippen LogP contribution < -0.4 is 11.1 Å². The Morgan fingerprint density at radius 2 is 2.32 bits per heavy atom. The quantitative estimate of drug-likeness (QED) is 0.816. The number of carbonyl (C=O) groups excluding carboxylic acids is 1. The van der Waals surface area contributed by atoms with Crippen LogP contribution >= 0.6 is 0 Å². The van der Waals surface area contributed by atoms with Gasteiger partial charge in [0, 0.05) is 18.3 Å². The zero-order valence-corrected chi connectivity index (χ0v) is 11.8. The van der Waals surface area contributed by atoms with Crippen molar-refractivity contribution in [3.63, 3.8) is 0 Å². The van der Waals surface area contributed by atoms with Gasteiger partial charge < -0.3 is 16.0 Å². The fourth-order valence-corrected chi connectivity index (χ4v) is 2.59. The van der Waals surface area contributed by atoms with E-state index < -0.39 is 0 Å². The van der Waals surface area contributed by atoms with Gasteiger partial charge in [-0.3, -0.25) is 4.79 Å². The SMILES string of the molecule is CCN1CCCC(NC(=O)c2cc(C)ccc2N)C1. The number of likely N-dealkylation sites (N-methyl/N-ethyl adjacent to an activating group) is 1. The number of rotatable bonds is 3. The number of hydrogen-bond donors (Lipinski definition) is 2. The highest BCUT2D eigenvalue weighted by Crippen LogP contribution is 2.15. The molecule has 1 saturated heterocycles. The number of nitrogens with one attached hydrogen (secondary N) is 1. The van der Waals surface area contributed by atoms with Crippen LogP contribution in [0.3, 0.4) is 0 Å². The molecule has 0 radical (unpaired) electrons. The minimum absolute atomic E-state index is 0.0517. The second-order valence-electron chi connectivity index (χ2n) is 5.30. The molecule has 3 N–H and O–H groups in total. The third kappa shape index (κ3) is 3.47. The molecule has 104 valence electrons. The Bertz CT molecular complexity index is 459. The maximum atomic E-state index is 12.3. The normalized spacial score (nSPS) is 20.2. The van der Waals surface area contributed by atoms with Gasteiger partial charge in [-0.25, -0.2) is 0 Å². The van der Waals surface area contributed by atoms with Gasteiger partial charge in [0.2, 0.25) is 0 Å². The molecule has 4 nitrogen and oxygen atoms in total. The monoisotopic (exact) mass is 261 g/mol. The van der Waals surface area contributed by atoms with Gasteiger partial charge in [-0.15, -0.1) is 0 Å². The van der Waals surface area contributed by atoms with Crippen LogP contribution in [0.1, 0.15) is 35.7 Å². The molecule has 0 saturated carbocycles. The maximum absolute atomic E-state index is 12.3. The van der Waals surface area contributed by atoms with E-state index >= 15 is 0 Å². The van der Waals surface area contributed by atoms with Crippen LogP contribution in [0.2, 0.25) is 0 Å². The van der Waals surface area contributed by atoms with Crippen molar-refractivity contribution in [1.82, 2.24) is 10.2 Å². The van der Waals surface area contributed by atoms with Crippen LogP contribution in [-0.2, 0) is 0 Å². The van der Waals surface area contributed by atoms with Gasteiger partial charge in [0.15, 0.2) is 0 Å². The second kappa shape index (κ2) is 6.06. The molecule has 4 heteroatoms. The number of benzene rings is 1. The van der Waals surface area contributed by atoms with E-state index in [4.69, 9.17) is 5.73 Å². The number of hydrogen-bond acceptors (Lipinski definition) is 3. The standard InChI is InChI=1S/C15H23N3O/c1-3-18-8-4-5-12(10-18)17-15(19)13-9-11(2)6-7-14(13)16/h6-7,9,12H,3-5,8,10,16H2,1-2H3,(H,17,19). The number of piperidine rings is 1. The molecule has 1 amide bonds. The van der Waals surface area contributed by atoms with E-state index in [1.165, 1.54) is 0 Å². The topological polar surface area (TPSA) is 58.4 Å². The summed E-state index contributed by atoms with van der Waals surface area (Å²) in [4.78, 5) is 14.6. The summed E-state index contributed by atoms with van der Waals surface area (Å²) < 4.78 is 0. The van der Waals surface area contributed by atoms with Gasteiger partial charge in [0.1, 0.15) is 0 Å². The lowest BCUT2D eigenvalue weighted by Crippen LogP contribution is -2.47. The first kappa shape index (κ1) is 13.9. The number of amides is 1. The summed E-state index contributed by atoms with van der Waals surface area (Å²) in [6.45, 7) is 7.24. The van der Waals surface area contributed by atoms with Crippen molar-refractivity contribution in [2.24, 2.45) is 0 Å². The number of nitrogens with zero attached hydrogens (tertiary/aromatic N) is 1. The molecule has 0 spiro atoms. The number of nitrogens with two attached hydrogens (primary N) is 1. The Morgan fingerprint density at radius 1 is 1.53 bits per heavy atom. The lowest BCUT2D eigenvalue weighted by molar-refractivity contribution is 0.0906. The predicted molar refractivity (Wildman–Crippen MR) is 78.2 cm³/mol. The summed E-state index contributed by atoms with van der Waals surface area (Å²) in [6.07, 6.45) is 2.19. The van der Waals surface area contributed by atoms with Crippen LogP contribution in [0, 0.1) is 6.92 Å². The van der Waals surface area contributed by atoms with E-state index in [2.05, 4.69) is 17.1 Å². The van der Waals surface area contributed by atoms with Crippen molar-refractivity contribution in [3.05, 3.63) is 29.3 Å². The van der Waals surface area contributed by atoms with E-state index in [-0.39, 0.29) is 11.9 Å². The van der Waals surface area contributed by atoms with Gasteiger partial charge in [-0.05, 0) is 45.0 Å². The van der Waals surface area contributed by atoms with E-state index in [1.54, 1.807) is 6.07 Å². The van der Waals surface area contributed by atoms with Crippen LogP contribution in [0.15, 0.2) is 18.2 Å². The highest BCUT2D eigenvalue weighted by molar-refractivity contribution is 5.99. The lowest BCUT2D eigenvalue weighted by atomic mass is 10.0. The summed E-state index contributed by atoms with van der Waals surface area (Å²) in [5.41, 5.74) is 8.07. The molecule has 1 aliphatic rings. The number of nitrogen functional groups attached to an aromatic ring is 1. The fourth-order valence-electron chi connectivity index (χ4n) is 2.59. The Hall–Kier alpha value is -1.55. The third-order valence-electron chi connectivity index (χ3n) is 3.74. The van der Waals surface area contributed by atoms with Crippen LogP contribution in [0.5, 0.6) is 0 Å².